The van der Waals surface area contributed by atoms with E-state index in [1.807, 2.05) is 0 Å². The first-order chi connectivity index (χ1) is 5.45. The quantitative estimate of drug-likeness (QED) is 0.651. The second-order valence-corrected chi connectivity index (χ2v) is 5.71. The molecule has 0 radical (unpaired) electrons. The van der Waals surface area contributed by atoms with Crippen LogP contribution in [0.3, 0.4) is 0 Å². The number of sulfonamides is 1. The molecule has 1 rings (SSSR count). The zero-order valence-electron chi connectivity index (χ0n) is 7.95. The minimum atomic E-state index is -2.95. The maximum Gasteiger partial charge on any atom is 0.211 e. The second kappa shape index (κ2) is 3.34. The van der Waals surface area contributed by atoms with Gasteiger partial charge in [-0.3, -0.25) is 0 Å². The molecule has 3 nitrogen and oxygen atoms in total. The van der Waals surface area contributed by atoms with Crippen molar-refractivity contribution in [1.82, 2.24) is 4.31 Å². The van der Waals surface area contributed by atoms with Gasteiger partial charge >= 0.3 is 0 Å². The molecule has 2 unspecified atom stereocenters. The van der Waals surface area contributed by atoms with Crippen LogP contribution in [0, 0.1) is 11.8 Å². The number of rotatable bonds is 2. The summed E-state index contributed by atoms with van der Waals surface area (Å²) < 4.78 is 23.9. The van der Waals surface area contributed by atoms with Gasteiger partial charge in [0, 0.05) is 13.1 Å². The van der Waals surface area contributed by atoms with Crippen LogP contribution in [0.15, 0.2) is 0 Å². The molecule has 1 saturated heterocycles. The predicted molar refractivity (Wildman–Crippen MR) is 49.4 cm³/mol. The van der Waals surface area contributed by atoms with Gasteiger partial charge in [-0.2, -0.15) is 0 Å². The van der Waals surface area contributed by atoms with Crippen molar-refractivity contribution >= 4 is 10.0 Å². The van der Waals surface area contributed by atoms with Crippen LogP contribution in [-0.4, -0.2) is 32.1 Å². The highest BCUT2D eigenvalue weighted by Crippen LogP contribution is 2.26. The van der Waals surface area contributed by atoms with Crippen molar-refractivity contribution in [2.24, 2.45) is 11.8 Å². The molecule has 0 spiro atoms. The van der Waals surface area contributed by atoms with Crippen molar-refractivity contribution in [3.63, 3.8) is 0 Å². The summed E-state index contributed by atoms with van der Waals surface area (Å²) in [5, 5.41) is 0. The SMILES string of the molecule is CCC1CN(S(C)(=O)=O)CC1C. The zero-order valence-corrected chi connectivity index (χ0v) is 8.76. The number of nitrogens with zero attached hydrogens (tertiary/aromatic N) is 1. The molecule has 0 N–H and O–H groups in total. The first kappa shape index (κ1) is 9.99. The third-order valence-electron chi connectivity index (χ3n) is 2.73. The highest BCUT2D eigenvalue weighted by Gasteiger charge is 2.32. The number of hydrogen-bond donors (Lipinski definition) is 0. The van der Waals surface area contributed by atoms with Gasteiger partial charge in [-0.25, -0.2) is 12.7 Å². The Labute approximate surface area is 74.8 Å². The van der Waals surface area contributed by atoms with Crippen molar-refractivity contribution in [3.05, 3.63) is 0 Å². The Hall–Kier alpha value is -0.0900. The molecule has 1 aliphatic rings. The molecular weight excluding hydrogens is 174 g/mol. The average molecular weight is 191 g/mol. The van der Waals surface area contributed by atoms with E-state index in [-0.39, 0.29) is 0 Å². The van der Waals surface area contributed by atoms with E-state index in [4.69, 9.17) is 0 Å². The summed E-state index contributed by atoms with van der Waals surface area (Å²) in [5.41, 5.74) is 0. The van der Waals surface area contributed by atoms with Crippen molar-refractivity contribution in [2.45, 2.75) is 20.3 Å². The van der Waals surface area contributed by atoms with Gasteiger partial charge in [-0.15, -0.1) is 0 Å². The van der Waals surface area contributed by atoms with Gasteiger partial charge in [0.15, 0.2) is 0 Å². The van der Waals surface area contributed by atoms with Crippen LogP contribution in [0.2, 0.25) is 0 Å². The van der Waals surface area contributed by atoms with Gasteiger partial charge in [0.05, 0.1) is 6.26 Å². The van der Waals surface area contributed by atoms with Crippen LogP contribution in [0.1, 0.15) is 20.3 Å². The molecule has 72 valence electrons. The Morgan fingerprint density at radius 3 is 2.25 bits per heavy atom. The van der Waals surface area contributed by atoms with E-state index >= 15 is 0 Å². The van der Waals surface area contributed by atoms with Crippen molar-refractivity contribution < 1.29 is 8.42 Å². The molecule has 1 aliphatic heterocycles. The molecule has 0 aromatic rings. The van der Waals surface area contributed by atoms with E-state index in [1.165, 1.54) is 6.26 Å². The van der Waals surface area contributed by atoms with Gasteiger partial charge in [0.2, 0.25) is 10.0 Å². The van der Waals surface area contributed by atoms with Gasteiger partial charge in [-0.05, 0) is 11.8 Å². The summed E-state index contributed by atoms with van der Waals surface area (Å²) in [6, 6.07) is 0. The summed E-state index contributed by atoms with van der Waals surface area (Å²) in [6.07, 6.45) is 2.37. The largest absolute Gasteiger partial charge is 0.213 e. The normalized spacial score (nSPS) is 32.6. The van der Waals surface area contributed by atoms with Crippen molar-refractivity contribution in [3.8, 4) is 0 Å². The summed E-state index contributed by atoms with van der Waals surface area (Å²) in [6.45, 7) is 5.67. The lowest BCUT2D eigenvalue weighted by Crippen LogP contribution is -2.27. The molecule has 4 heteroatoms. The smallest absolute Gasteiger partial charge is 0.211 e. The third kappa shape index (κ3) is 1.98. The minimum absolute atomic E-state index is 0.518. The molecule has 0 bridgehead atoms. The molecule has 2 atom stereocenters. The van der Waals surface area contributed by atoms with E-state index in [2.05, 4.69) is 13.8 Å². The maximum atomic E-state index is 11.2. The maximum absolute atomic E-state index is 11.2. The summed E-state index contributed by atoms with van der Waals surface area (Å²) >= 11 is 0. The van der Waals surface area contributed by atoms with Crippen LogP contribution < -0.4 is 0 Å². The Morgan fingerprint density at radius 1 is 1.42 bits per heavy atom. The van der Waals surface area contributed by atoms with Crippen molar-refractivity contribution in [2.75, 3.05) is 19.3 Å². The predicted octanol–water partition coefficient (Wildman–Crippen LogP) is 0.924. The number of hydrogen-bond acceptors (Lipinski definition) is 2. The fourth-order valence-electron chi connectivity index (χ4n) is 1.79. The van der Waals surface area contributed by atoms with Crippen LogP contribution in [-0.2, 0) is 10.0 Å². The fourth-order valence-corrected chi connectivity index (χ4v) is 2.76. The van der Waals surface area contributed by atoms with Gasteiger partial charge in [0.25, 0.3) is 0 Å². The molecule has 0 saturated carbocycles. The Morgan fingerprint density at radius 2 is 2.00 bits per heavy atom. The lowest BCUT2D eigenvalue weighted by Gasteiger charge is -2.11. The average Bonchev–Trinajstić information content (AvgIpc) is 2.29. The topological polar surface area (TPSA) is 37.4 Å². The van der Waals surface area contributed by atoms with Crippen LogP contribution >= 0.6 is 0 Å². The Balaban J connectivity index is 2.67. The van der Waals surface area contributed by atoms with Gasteiger partial charge in [-0.1, -0.05) is 20.3 Å². The highest BCUT2D eigenvalue weighted by atomic mass is 32.2. The van der Waals surface area contributed by atoms with Crippen LogP contribution in [0.25, 0.3) is 0 Å². The van der Waals surface area contributed by atoms with Crippen molar-refractivity contribution in [1.29, 1.82) is 0 Å². The summed E-state index contributed by atoms with van der Waals surface area (Å²) in [4.78, 5) is 0. The molecule has 0 aromatic heterocycles. The Kier molecular flexibility index (Phi) is 2.78. The molecule has 1 fully saturated rings. The van der Waals surface area contributed by atoms with E-state index in [0.717, 1.165) is 13.0 Å². The van der Waals surface area contributed by atoms with Crippen LogP contribution in [0.5, 0.6) is 0 Å². The fraction of sp³-hybridized carbons (Fsp3) is 1.00. The molecular formula is C8H17NO2S. The first-order valence-corrected chi connectivity index (χ1v) is 6.25. The first-order valence-electron chi connectivity index (χ1n) is 4.40. The lowest BCUT2D eigenvalue weighted by atomic mass is 9.96. The summed E-state index contributed by atoms with van der Waals surface area (Å²) in [7, 11) is -2.95. The molecule has 0 aliphatic carbocycles. The zero-order chi connectivity index (χ0) is 9.35. The summed E-state index contributed by atoms with van der Waals surface area (Å²) in [5.74, 6) is 1.07. The van der Waals surface area contributed by atoms with E-state index in [9.17, 15) is 8.42 Å². The Bertz CT molecular complexity index is 248. The van der Waals surface area contributed by atoms with Gasteiger partial charge in [0.1, 0.15) is 0 Å². The second-order valence-electron chi connectivity index (χ2n) is 3.73. The van der Waals surface area contributed by atoms with E-state index in [1.54, 1.807) is 4.31 Å². The molecule has 0 amide bonds. The highest BCUT2D eigenvalue weighted by molar-refractivity contribution is 7.88. The molecule has 1 heterocycles. The standard InChI is InChI=1S/C8H17NO2S/c1-4-8-6-9(5-7(8)2)12(3,10)11/h7-8H,4-6H2,1-3H3. The lowest BCUT2D eigenvalue weighted by molar-refractivity contribution is 0.436. The van der Waals surface area contributed by atoms with E-state index < -0.39 is 10.0 Å². The minimum Gasteiger partial charge on any atom is -0.213 e. The van der Waals surface area contributed by atoms with E-state index in [0.29, 0.717) is 18.4 Å². The third-order valence-corrected chi connectivity index (χ3v) is 3.96. The molecule has 12 heavy (non-hydrogen) atoms. The molecule has 0 aromatic carbocycles. The van der Waals surface area contributed by atoms with Gasteiger partial charge < -0.3 is 0 Å². The monoisotopic (exact) mass is 191 g/mol. The van der Waals surface area contributed by atoms with Crippen LogP contribution in [0.4, 0.5) is 0 Å².